The molecule has 130 valence electrons. The highest BCUT2D eigenvalue weighted by Crippen LogP contribution is 2.25. The summed E-state index contributed by atoms with van der Waals surface area (Å²) in [6.07, 6.45) is 0. The SMILES string of the molecule is CC(=O)c1cc(C(=O)C(C)C)cc(-c2ccc(C(=O)C(C)C)cc2)c1. The van der Waals surface area contributed by atoms with Crippen LogP contribution in [-0.2, 0) is 0 Å². The molecule has 2 aromatic rings. The van der Waals surface area contributed by atoms with Gasteiger partial charge in [-0.1, -0.05) is 52.0 Å². The van der Waals surface area contributed by atoms with Gasteiger partial charge in [-0.15, -0.1) is 0 Å². The third-order valence-corrected chi connectivity index (χ3v) is 4.18. The number of ketones is 3. The highest BCUT2D eigenvalue weighted by molar-refractivity contribution is 6.03. The van der Waals surface area contributed by atoms with Crippen LogP contribution in [0.4, 0.5) is 0 Å². The molecule has 3 heteroatoms. The molecule has 0 heterocycles. The normalized spacial score (nSPS) is 11.0. The summed E-state index contributed by atoms with van der Waals surface area (Å²) in [4.78, 5) is 36.3. The summed E-state index contributed by atoms with van der Waals surface area (Å²) < 4.78 is 0. The molecule has 0 spiro atoms. The van der Waals surface area contributed by atoms with Crippen molar-refractivity contribution in [2.75, 3.05) is 0 Å². The molecule has 0 saturated heterocycles. The average Bonchev–Trinajstić information content (AvgIpc) is 2.59. The van der Waals surface area contributed by atoms with E-state index in [2.05, 4.69) is 0 Å². The van der Waals surface area contributed by atoms with Crippen molar-refractivity contribution in [2.45, 2.75) is 34.6 Å². The van der Waals surface area contributed by atoms with E-state index in [-0.39, 0.29) is 29.2 Å². The Morgan fingerprint density at radius 1 is 0.640 bits per heavy atom. The smallest absolute Gasteiger partial charge is 0.165 e. The predicted octanol–water partition coefficient (Wildman–Crippen LogP) is 5.23. The Morgan fingerprint density at radius 2 is 1.12 bits per heavy atom. The number of Topliss-reactive ketones (excluding diaryl/α,β-unsaturated/α-hetero) is 3. The zero-order valence-corrected chi connectivity index (χ0v) is 15.4. The van der Waals surface area contributed by atoms with E-state index in [1.165, 1.54) is 6.92 Å². The molecule has 0 bridgehead atoms. The van der Waals surface area contributed by atoms with Crippen molar-refractivity contribution in [3.8, 4) is 11.1 Å². The molecule has 0 aliphatic carbocycles. The van der Waals surface area contributed by atoms with Gasteiger partial charge in [0.1, 0.15) is 0 Å². The molecule has 0 atom stereocenters. The van der Waals surface area contributed by atoms with Crippen LogP contribution in [0, 0.1) is 11.8 Å². The van der Waals surface area contributed by atoms with Crippen LogP contribution in [0.25, 0.3) is 11.1 Å². The lowest BCUT2D eigenvalue weighted by atomic mass is 9.92. The molecule has 2 aromatic carbocycles. The van der Waals surface area contributed by atoms with Crippen molar-refractivity contribution in [1.82, 2.24) is 0 Å². The predicted molar refractivity (Wildman–Crippen MR) is 100 cm³/mol. The fourth-order valence-corrected chi connectivity index (χ4v) is 2.63. The first-order chi connectivity index (χ1) is 11.7. The Kier molecular flexibility index (Phi) is 5.68. The quantitative estimate of drug-likeness (QED) is 0.678. The number of hydrogen-bond donors (Lipinski definition) is 0. The summed E-state index contributed by atoms with van der Waals surface area (Å²) in [5.74, 6) is -0.162. The highest BCUT2D eigenvalue weighted by Gasteiger charge is 2.15. The Hall–Kier alpha value is -2.55. The van der Waals surface area contributed by atoms with E-state index in [0.717, 1.165) is 11.1 Å². The zero-order chi connectivity index (χ0) is 18.7. The van der Waals surface area contributed by atoms with Gasteiger partial charge in [0.2, 0.25) is 0 Å². The molecule has 0 radical (unpaired) electrons. The van der Waals surface area contributed by atoms with Crippen molar-refractivity contribution in [1.29, 1.82) is 0 Å². The topological polar surface area (TPSA) is 51.2 Å². The molecule has 0 aliphatic rings. The van der Waals surface area contributed by atoms with Crippen molar-refractivity contribution in [2.24, 2.45) is 11.8 Å². The lowest BCUT2D eigenvalue weighted by Gasteiger charge is -2.11. The van der Waals surface area contributed by atoms with E-state index < -0.39 is 0 Å². The van der Waals surface area contributed by atoms with Crippen LogP contribution in [-0.4, -0.2) is 17.3 Å². The molecule has 2 rings (SSSR count). The number of rotatable bonds is 6. The summed E-state index contributed by atoms with van der Waals surface area (Å²) >= 11 is 0. The van der Waals surface area contributed by atoms with Gasteiger partial charge >= 0.3 is 0 Å². The summed E-state index contributed by atoms with van der Waals surface area (Å²) in [6, 6.07) is 12.6. The van der Waals surface area contributed by atoms with E-state index in [0.29, 0.717) is 16.7 Å². The van der Waals surface area contributed by atoms with Crippen LogP contribution in [0.2, 0.25) is 0 Å². The monoisotopic (exact) mass is 336 g/mol. The van der Waals surface area contributed by atoms with Crippen molar-refractivity contribution < 1.29 is 14.4 Å². The molecule has 3 nitrogen and oxygen atoms in total. The minimum absolute atomic E-state index is 0.0101. The first kappa shape index (κ1) is 18.8. The number of carbonyl (C=O) groups excluding carboxylic acids is 3. The molecule has 0 N–H and O–H groups in total. The van der Waals surface area contributed by atoms with Gasteiger partial charge in [0.15, 0.2) is 17.3 Å². The van der Waals surface area contributed by atoms with Crippen LogP contribution in [0.3, 0.4) is 0 Å². The van der Waals surface area contributed by atoms with Crippen molar-refractivity contribution in [3.63, 3.8) is 0 Å². The van der Waals surface area contributed by atoms with Gasteiger partial charge < -0.3 is 0 Å². The number of hydrogen-bond acceptors (Lipinski definition) is 3. The first-order valence-corrected chi connectivity index (χ1v) is 8.55. The summed E-state index contributed by atoms with van der Waals surface area (Å²) in [6.45, 7) is 8.92. The van der Waals surface area contributed by atoms with E-state index >= 15 is 0 Å². The zero-order valence-electron chi connectivity index (χ0n) is 15.4. The van der Waals surface area contributed by atoms with Gasteiger partial charge in [-0.05, 0) is 36.2 Å². The van der Waals surface area contributed by atoms with Crippen LogP contribution < -0.4 is 0 Å². The minimum atomic E-state index is -0.138. The molecular weight excluding hydrogens is 312 g/mol. The fourth-order valence-electron chi connectivity index (χ4n) is 2.63. The van der Waals surface area contributed by atoms with Crippen molar-refractivity contribution in [3.05, 3.63) is 59.2 Å². The lowest BCUT2D eigenvalue weighted by molar-refractivity contribution is 0.0932. The second-order valence-electron chi connectivity index (χ2n) is 6.97. The van der Waals surface area contributed by atoms with Crippen LogP contribution >= 0.6 is 0 Å². The average molecular weight is 336 g/mol. The molecule has 0 unspecified atom stereocenters. The number of benzene rings is 2. The van der Waals surface area contributed by atoms with Gasteiger partial charge in [0.05, 0.1) is 0 Å². The maximum absolute atomic E-state index is 12.4. The number of carbonyl (C=O) groups is 3. The standard InChI is InChI=1S/C22H24O3/c1-13(2)21(24)17-8-6-16(7-9-17)19-10-18(15(5)23)11-20(12-19)22(25)14(3)4/h6-14H,1-5H3. The second kappa shape index (κ2) is 7.56. The third kappa shape index (κ3) is 4.30. The molecule has 0 saturated carbocycles. The van der Waals surface area contributed by atoms with Gasteiger partial charge in [-0.2, -0.15) is 0 Å². The van der Waals surface area contributed by atoms with Gasteiger partial charge in [0.25, 0.3) is 0 Å². The van der Waals surface area contributed by atoms with Gasteiger partial charge in [-0.3, -0.25) is 14.4 Å². The molecular formula is C22H24O3. The van der Waals surface area contributed by atoms with Crippen LogP contribution in [0.5, 0.6) is 0 Å². The first-order valence-electron chi connectivity index (χ1n) is 8.55. The van der Waals surface area contributed by atoms with E-state index in [1.807, 2.05) is 45.9 Å². The maximum atomic E-state index is 12.4. The van der Waals surface area contributed by atoms with E-state index in [9.17, 15) is 14.4 Å². The molecule has 0 fully saturated rings. The second-order valence-corrected chi connectivity index (χ2v) is 6.97. The van der Waals surface area contributed by atoms with Crippen molar-refractivity contribution >= 4 is 17.3 Å². The summed E-state index contributed by atoms with van der Waals surface area (Å²) in [5.41, 5.74) is 3.41. The largest absolute Gasteiger partial charge is 0.295 e. The molecule has 0 aliphatic heterocycles. The minimum Gasteiger partial charge on any atom is -0.295 e. The van der Waals surface area contributed by atoms with Crippen LogP contribution in [0.15, 0.2) is 42.5 Å². The third-order valence-electron chi connectivity index (χ3n) is 4.18. The molecule has 0 amide bonds. The maximum Gasteiger partial charge on any atom is 0.165 e. The summed E-state index contributed by atoms with van der Waals surface area (Å²) in [5, 5.41) is 0. The Bertz CT molecular complexity index is 812. The molecule has 25 heavy (non-hydrogen) atoms. The molecule has 0 aromatic heterocycles. The van der Waals surface area contributed by atoms with Crippen LogP contribution in [0.1, 0.15) is 65.7 Å². The van der Waals surface area contributed by atoms with Gasteiger partial charge in [0, 0.05) is 28.5 Å². The fraction of sp³-hybridized carbons (Fsp3) is 0.318. The Labute approximate surface area is 149 Å². The van der Waals surface area contributed by atoms with Gasteiger partial charge in [-0.25, -0.2) is 0 Å². The highest BCUT2D eigenvalue weighted by atomic mass is 16.1. The summed E-state index contributed by atoms with van der Waals surface area (Å²) in [7, 11) is 0. The van der Waals surface area contributed by atoms with E-state index in [4.69, 9.17) is 0 Å². The Balaban J connectivity index is 2.49. The lowest BCUT2D eigenvalue weighted by Crippen LogP contribution is -2.09. The Morgan fingerprint density at radius 3 is 1.60 bits per heavy atom. The van der Waals surface area contributed by atoms with E-state index in [1.54, 1.807) is 24.3 Å².